The van der Waals surface area contributed by atoms with E-state index in [2.05, 4.69) is 64.7 Å². The van der Waals surface area contributed by atoms with Gasteiger partial charge in [-0.25, -0.2) is 4.99 Å². The van der Waals surface area contributed by atoms with Gasteiger partial charge in [-0.1, -0.05) is 60.7 Å². The van der Waals surface area contributed by atoms with E-state index in [0.29, 0.717) is 18.5 Å². The number of hydrogen-bond acceptors (Lipinski definition) is 3. The number of likely N-dealkylation sites (tertiary alicyclic amines) is 1. The van der Waals surface area contributed by atoms with Gasteiger partial charge >= 0.3 is 0 Å². The lowest BCUT2D eigenvalue weighted by atomic mass is 9.96. The molecule has 0 spiro atoms. The Morgan fingerprint density at radius 2 is 1.77 bits per heavy atom. The summed E-state index contributed by atoms with van der Waals surface area (Å²) in [5.74, 6) is 1.35. The van der Waals surface area contributed by atoms with Gasteiger partial charge in [0.2, 0.25) is 0 Å². The second kappa shape index (κ2) is 10.6. The van der Waals surface area contributed by atoms with Crippen LogP contribution in [0.4, 0.5) is 0 Å². The number of guanidine groups is 1. The van der Waals surface area contributed by atoms with Crippen molar-refractivity contribution in [2.45, 2.75) is 45.4 Å². The number of nitrogens with one attached hydrogen (secondary N) is 2. The van der Waals surface area contributed by atoms with Crippen molar-refractivity contribution in [3.63, 3.8) is 0 Å². The summed E-state index contributed by atoms with van der Waals surface area (Å²) >= 11 is 0. The van der Waals surface area contributed by atoms with Crippen LogP contribution in [0.5, 0.6) is 0 Å². The second-order valence-corrected chi connectivity index (χ2v) is 8.58. The van der Waals surface area contributed by atoms with Crippen LogP contribution in [0.3, 0.4) is 0 Å². The maximum absolute atomic E-state index is 10.8. The molecule has 30 heavy (non-hydrogen) atoms. The summed E-state index contributed by atoms with van der Waals surface area (Å²) in [6.45, 7) is 10.3. The van der Waals surface area contributed by atoms with Crippen LogP contribution in [-0.2, 0) is 12.1 Å². The molecule has 0 bridgehead atoms. The number of aliphatic imine (C=N–C) groups is 1. The van der Waals surface area contributed by atoms with Crippen molar-refractivity contribution < 1.29 is 5.11 Å². The Morgan fingerprint density at radius 1 is 1.10 bits per heavy atom. The minimum absolute atomic E-state index is 0.313. The van der Waals surface area contributed by atoms with Crippen LogP contribution in [0.15, 0.2) is 65.7 Å². The maximum Gasteiger partial charge on any atom is 0.191 e. The highest BCUT2D eigenvalue weighted by atomic mass is 16.3. The van der Waals surface area contributed by atoms with Crippen LogP contribution in [0.1, 0.15) is 38.3 Å². The fourth-order valence-electron chi connectivity index (χ4n) is 4.11. The predicted molar refractivity (Wildman–Crippen MR) is 124 cm³/mol. The highest BCUT2D eigenvalue weighted by Gasteiger charge is 2.29. The summed E-state index contributed by atoms with van der Waals surface area (Å²) < 4.78 is 0. The van der Waals surface area contributed by atoms with Crippen molar-refractivity contribution >= 4 is 5.96 Å². The quantitative estimate of drug-likeness (QED) is 0.463. The van der Waals surface area contributed by atoms with Crippen LogP contribution in [0.25, 0.3) is 0 Å². The van der Waals surface area contributed by atoms with Gasteiger partial charge in [-0.3, -0.25) is 4.90 Å². The molecular weight excluding hydrogens is 372 g/mol. The Balaban J connectivity index is 1.53. The third kappa shape index (κ3) is 6.31. The molecule has 2 aromatic carbocycles. The molecule has 162 valence electrons. The summed E-state index contributed by atoms with van der Waals surface area (Å²) in [5.41, 5.74) is 1.26. The smallest absolute Gasteiger partial charge is 0.191 e. The minimum atomic E-state index is -0.988. The zero-order valence-electron chi connectivity index (χ0n) is 18.5. The Bertz CT molecular complexity index is 791. The van der Waals surface area contributed by atoms with Gasteiger partial charge in [-0.2, -0.15) is 0 Å². The molecule has 2 aromatic rings. The molecule has 1 heterocycles. The van der Waals surface area contributed by atoms with E-state index in [4.69, 9.17) is 0 Å². The van der Waals surface area contributed by atoms with Gasteiger partial charge in [0.25, 0.3) is 0 Å². The lowest BCUT2D eigenvalue weighted by molar-refractivity contribution is 0.0672. The molecule has 0 aromatic heterocycles. The van der Waals surface area contributed by atoms with Gasteiger partial charge in [0.05, 0.1) is 6.54 Å². The standard InChI is InChI=1S/C25H36N4O/c1-4-26-24(28-19-25(3,30)23-13-9-6-10-14-23)27-16-22-15-20(2)29(18-22)17-21-11-7-5-8-12-21/h5-14,20,22,30H,4,15-19H2,1-3H3,(H2,26,27,28). The average Bonchev–Trinajstić information content (AvgIpc) is 3.10. The lowest BCUT2D eigenvalue weighted by Gasteiger charge is -2.23. The third-order valence-corrected chi connectivity index (χ3v) is 5.86. The Kier molecular flexibility index (Phi) is 7.88. The average molecular weight is 409 g/mol. The first kappa shape index (κ1) is 22.3. The molecule has 1 saturated heterocycles. The van der Waals surface area contributed by atoms with Crippen LogP contribution in [0, 0.1) is 5.92 Å². The zero-order valence-corrected chi connectivity index (χ0v) is 18.5. The summed E-state index contributed by atoms with van der Waals surface area (Å²) in [6, 6.07) is 21.0. The molecule has 0 amide bonds. The first-order valence-corrected chi connectivity index (χ1v) is 11.1. The van der Waals surface area contributed by atoms with Crippen LogP contribution >= 0.6 is 0 Å². The van der Waals surface area contributed by atoms with Crippen LogP contribution in [0.2, 0.25) is 0 Å². The van der Waals surface area contributed by atoms with Crippen molar-refractivity contribution in [1.29, 1.82) is 0 Å². The van der Waals surface area contributed by atoms with E-state index in [1.54, 1.807) is 0 Å². The summed E-state index contributed by atoms with van der Waals surface area (Å²) in [5, 5.41) is 17.6. The van der Waals surface area contributed by atoms with Crippen molar-refractivity contribution in [2.75, 3.05) is 26.2 Å². The fraction of sp³-hybridized carbons (Fsp3) is 0.480. The zero-order chi connectivity index (χ0) is 21.4. The van der Waals surface area contributed by atoms with E-state index in [0.717, 1.165) is 37.7 Å². The Morgan fingerprint density at radius 3 is 2.43 bits per heavy atom. The molecule has 1 fully saturated rings. The van der Waals surface area contributed by atoms with Crippen LogP contribution < -0.4 is 10.6 Å². The van der Waals surface area contributed by atoms with Gasteiger partial charge < -0.3 is 15.7 Å². The molecule has 3 N–H and O–H groups in total. The normalized spacial score (nSPS) is 21.9. The minimum Gasteiger partial charge on any atom is -0.384 e. The number of rotatable bonds is 8. The van der Waals surface area contributed by atoms with Crippen molar-refractivity contribution in [2.24, 2.45) is 10.9 Å². The predicted octanol–water partition coefficient (Wildman–Crippen LogP) is 3.36. The maximum atomic E-state index is 10.8. The third-order valence-electron chi connectivity index (χ3n) is 5.86. The summed E-state index contributed by atoms with van der Waals surface area (Å²) in [4.78, 5) is 7.22. The molecule has 3 rings (SSSR count). The SMILES string of the molecule is CCNC(=NCC(C)(O)c1ccccc1)NCC1CC(C)N(Cc2ccccc2)C1. The van der Waals surface area contributed by atoms with E-state index in [1.165, 1.54) is 12.0 Å². The number of benzene rings is 2. The second-order valence-electron chi connectivity index (χ2n) is 8.58. The van der Waals surface area contributed by atoms with Crippen molar-refractivity contribution in [3.8, 4) is 0 Å². The lowest BCUT2D eigenvalue weighted by Crippen LogP contribution is -2.41. The van der Waals surface area contributed by atoms with Gasteiger partial charge in [-0.15, -0.1) is 0 Å². The fourth-order valence-corrected chi connectivity index (χ4v) is 4.11. The van der Waals surface area contributed by atoms with Crippen LogP contribution in [-0.4, -0.2) is 48.2 Å². The van der Waals surface area contributed by atoms with Gasteiger partial charge in [0.15, 0.2) is 5.96 Å². The Hall–Kier alpha value is -2.37. The first-order valence-electron chi connectivity index (χ1n) is 11.1. The van der Waals surface area contributed by atoms with Crippen molar-refractivity contribution in [3.05, 3.63) is 71.8 Å². The molecule has 1 aliphatic heterocycles. The molecule has 1 aliphatic rings. The molecule has 0 radical (unpaired) electrons. The number of nitrogens with zero attached hydrogens (tertiary/aromatic N) is 2. The molecular formula is C25H36N4O. The van der Waals surface area contributed by atoms with Gasteiger partial charge in [0.1, 0.15) is 5.60 Å². The van der Waals surface area contributed by atoms with E-state index < -0.39 is 5.60 Å². The molecule has 3 atom stereocenters. The summed E-state index contributed by atoms with van der Waals surface area (Å²) in [6.07, 6.45) is 1.18. The largest absolute Gasteiger partial charge is 0.384 e. The molecule has 5 heteroatoms. The van der Waals surface area contributed by atoms with E-state index in [1.807, 2.05) is 37.3 Å². The van der Waals surface area contributed by atoms with Gasteiger partial charge in [0, 0.05) is 32.2 Å². The molecule has 0 aliphatic carbocycles. The first-order chi connectivity index (χ1) is 14.5. The highest BCUT2D eigenvalue weighted by molar-refractivity contribution is 5.79. The molecule has 5 nitrogen and oxygen atoms in total. The molecule has 3 unspecified atom stereocenters. The topological polar surface area (TPSA) is 59.9 Å². The summed E-state index contributed by atoms with van der Waals surface area (Å²) in [7, 11) is 0. The van der Waals surface area contributed by atoms with Crippen molar-refractivity contribution in [1.82, 2.24) is 15.5 Å². The number of aliphatic hydroxyl groups is 1. The monoisotopic (exact) mass is 408 g/mol. The van der Waals surface area contributed by atoms with E-state index in [-0.39, 0.29) is 0 Å². The van der Waals surface area contributed by atoms with Gasteiger partial charge in [-0.05, 0) is 44.2 Å². The van der Waals surface area contributed by atoms with E-state index in [9.17, 15) is 5.11 Å². The Labute approximate surface area is 181 Å². The van der Waals surface area contributed by atoms with E-state index >= 15 is 0 Å². The number of hydrogen-bond donors (Lipinski definition) is 3. The highest BCUT2D eigenvalue weighted by Crippen LogP contribution is 2.24. The molecule has 0 saturated carbocycles.